The second-order valence-corrected chi connectivity index (χ2v) is 3.69. The minimum atomic E-state index is -0.324. The highest BCUT2D eigenvalue weighted by molar-refractivity contribution is 5.83. The predicted molar refractivity (Wildman–Crippen MR) is 65.2 cm³/mol. The zero-order valence-corrected chi connectivity index (χ0v) is 9.87. The zero-order valence-electron chi connectivity index (χ0n) is 9.87. The first kappa shape index (κ1) is 12.3. The second-order valence-electron chi connectivity index (χ2n) is 3.69. The van der Waals surface area contributed by atoms with Crippen LogP contribution in [0, 0.1) is 6.92 Å². The molecule has 0 aromatic carbocycles. The van der Waals surface area contributed by atoms with E-state index in [1.165, 1.54) is 0 Å². The van der Waals surface area contributed by atoms with Crippen LogP contribution in [-0.2, 0) is 4.79 Å². The van der Waals surface area contributed by atoms with Crippen LogP contribution in [-0.4, -0.2) is 23.5 Å². The van der Waals surface area contributed by atoms with Gasteiger partial charge in [-0.05, 0) is 26.3 Å². The summed E-state index contributed by atoms with van der Waals surface area (Å²) in [7, 11) is 0. The van der Waals surface area contributed by atoms with Crippen LogP contribution in [0.1, 0.15) is 19.4 Å². The number of pyridine rings is 1. The number of hydrogen-bond acceptors (Lipinski definition) is 4. The van der Waals surface area contributed by atoms with Crippen LogP contribution in [0.2, 0.25) is 0 Å². The van der Waals surface area contributed by atoms with Crippen molar-refractivity contribution in [2.45, 2.75) is 26.8 Å². The van der Waals surface area contributed by atoms with Crippen LogP contribution < -0.4 is 16.4 Å². The molecular weight excluding hydrogens is 204 g/mol. The number of likely N-dealkylation sites (N-methyl/N-ethyl adjacent to an activating group) is 1. The number of hydrogen-bond donors (Lipinski definition) is 3. The number of anilines is 2. The van der Waals surface area contributed by atoms with Gasteiger partial charge in [-0.1, -0.05) is 0 Å². The van der Waals surface area contributed by atoms with Crippen molar-refractivity contribution >= 4 is 17.4 Å². The van der Waals surface area contributed by atoms with Crippen LogP contribution in [0.5, 0.6) is 0 Å². The summed E-state index contributed by atoms with van der Waals surface area (Å²) in [5.74, 6) is 0.560. The molecule has 0 aliphatic rings. The summed E-state index contributed by atoms with van der Waals surface area (Å²) in [6.45, 7) is 6.17. The molecule has 0 saturated carbocycles. The van der Waals surface area contributed by atoms with Crippen molar-refractivity contribution in [3.63, 3.8) is 0 Å². The molecule has 1 heterocycles. The fourth-order valence-corrected chi connectivity index (χ4v) is 1.23. The molecule has 0 aliphatic heterocycles. The molecule has 4 N–H and O–H groups in total. The smallest absolute Gasteiger partial charge is 0.242 e. The maximum Gasteiger partial charge on any atom is 0.242 e. The number of aryl methyl sites for hydroxylation is 1. The summed E-state index contributed by atoms with van der Waals surface area (Å²) in [5, 5.41) is 5.72. The minimum absolute atomic E-state index is 0.0524. The van der Waals surface area contributed by atoms with Gasteiger partial charge < -0.3 is 16.4 Å². The van der Waals surface area contributed by atoms with Gasteiger partial charge >= 0.3 is 0 Å². The van der Waals surface area contributed by atoms with E-state index in [9.17, 15) is 4.79 Å². The van der Waals surface area contributed by atoms with Crippen LogP contribution >= 0.6 is 0 Å². The average molecular weight is 222 g/mol. The minimum Gasteiger partial charge on any atom is -0.398 e. The van der Waals surface area contributed by atoms with Crippen LogP contribution in [0.25, 0.3) is 0 Å². The van der Waals surface area contributed by atoms with Crippen molar-refractivity contribution in [1.82, 2.24) is 10.3 Å². The highest BCUT2D eigenvalue weighted by Crippen LogP contribution is 2.14. The molecular formula is C11H18N4O. The van der Waals surface area contributed by atoms with Crippen LogP contribution in [0.15, 0.2) is 12.3 Å². The number of rotatable bonds is 4. The van der Waals surface area contributed by atoms with Gasteiger partial charge in [0, 0.05) is 24.5 Å². The van der Waals surface area contributed by atoms with E-state index in [1.54, 1.807) is 19.2 Å². The van der Waals surface area contributed by atoms with Gasteiger partial charge in [-0.3, -0.25) is 4.79 Å². The Balaban J connectivity index is 2.66. The lowest BCUT2D eigenvalue weighted by molar-refractivity contribution is -0.121. The largest absolute Gasteiger partial charge is 0.398 e. The molecule has 1 amide bonds. The summed E-state index contributed by atoms with van der Waals surface area (Å²) in [5.41, 5.74) is 7.34. The van der Waals surface area contributed by atoms with Gasteiger partial charge in [0.25, 0.3) is 0 Å². The molecule has 0 fully saturated rings. The third-order valence-corrected chi connectivity index (χ3v) is 2.25. The van der Waals surface area contributed by atoms with E-state index in [2.05, 4.69) is 15.6 Å². The van der Waals surface area contributed by atoms with Gasteiger partial charge in [-0.2, -0.15) is 0 Å². The van der Waals surface area contributed by atoms with Crippen LogP contribution in [0.4, 0.5) is 11.5 Å². The Morgan fingerprint density at radius 1 is 1.62 bits per heavy atom. The Morgan fingerprint density at radius 3 is 2.88 bits per heavy atom. The Hall–Kier alpha value is -1.78. The van der Waals surface area contributed by atoms with Crippen LogP contribution in [0.3, 0.4) is 0 Å². The summed E-state index contributed by atoms with van der Waals surface area (Å²) in [6.07, 6.45) is 1.68. The lowest BCUT2D eigenvalue weighted by Gasteiger charge is -2.14. The number of nitrogens with two attached hydrogens (primary N) is 1. The number of carbonyl (C=O) groups is 1. The van der Waals surface area contributed by atoms with Crippen molar-refractivity contribution in [3.05, 3.63) is 17.8 Å². The molecule has 5 nitrogen and oxygen atoms in total. The number of nitrogens with one attached hydrogen (secondary N) is 2. The summed E-state index contributed by atoms with van der Waals surface area (Å²) >= 11 is 0. The maximum atomic E-state index is 11.5. The van der Waals surface area contributed by atoms with Crippen molar-refractivity contribution in [2.75, 3.05) is 17.6 Å². The highest BCUT2D eigenvalue weighted by Gasteiger charge is 2.11. The Kier molecular flexibility index (Phi) is 4.10. The van der Waals surface area contributed by atoms with Gasteiger partial charge in [0.15, 0.2) is 0 Å². The molecule has 0 saturated heterocycles. The van der Waals surface area contributed by atoms with Crippen molar-refractivity contribution < 1.29 is 4.79 Å². The molecule has 16 heavy (non-hydrogen) atoms. The first-order chi connectivity index (χ1) is 7.54. The number of carbonyl (C=O) groups excluding carboxylic acids is 1. The number of nitrogens with zero attached hydrogens (tertiary/aromatic N) is 1. The standard InChI is InChI=1S/C11H18N4O/c1-4-13-11(16)8(3)15-10-5-9(12)7(2)6-14-10/h5-6,8H,4H2,1-3H3,(H,13,16)(H3,12,14,15). The fourth-order valence-electron chi connectivity index (χ4n) is 1.23. The Morgan fingerprint density at radius 2 is 2.31 bits per heavy atom. The number of nitrogen functional groups attached to an aromatic ring is 1. The monoisotopic (exact) mass is 222 g/mol. The lowest BCUT2D eigenvalue weighted by Crippen LogP contribution is -2.37. The second kappa shape index (κ2) is 5.34. The average Bonchev–Trinajstić information content (AvgIpc) is 2.24. The molecule has 1 unspecified atom stereocenters. The van der Waals surface area contributed by atoms with Gasteiger partial charge in [-0.15, -0.1) is 0 Å². The molecule has 1 atom stereocenters. The van der Waals surface area contributed by atoms with E-state index in [1.807, 2.05) is 13.8 Å². The first-order valence-corrected chi connectivity index (χ1v) is 5.31. The molecule has 0 aliphatic carbocycles. The molecule has 5 heteroatoms. The molecule has 0 radical (unpaired) electrons. The third-order valence-electron chi connectivity index (χ3n) is 2.25. The molecule has 0 spiro atoms. The first-order valence-electron chi connectivity index (χ1n) is 5.31. The van der Waals surface area contributed by atoms with E-state index in [0.717, 1.165) is 5.56 Å². The van der Waals surface area contributed by atoms with E-state index in [4.69, 9.17) is 5.73 Å². The fraction of sp³-hybridized carbons (Fsp3) is 0.455. The van der Waals surface area contributed by atoms with Crippen molar-refractivity contribution in [1.29, 1.82) is 0 Å². The predicted octanol–water partition coefficient (Wildman–Crippen LogP) is 0.909. The molecule has 1 aromatic rings. The summed E-state index contributed by atoms with van der Waals surface area (Å²) in [6, 6.07) is 1.40. The van der Waals surface area contributed by atoms with E-state index in [0.29, 0.717) is 18.1 Å². The van der Waals surface area contributed by atoms with Gasteiger partial charge in [0.05, 0.1) is 0 Å². The van der Waals surface area contributed by atoms with E-state index >= 15 is 0 Å². The Bertz CT molecular complexity index is 378. The van der Waals surface area contributed by atoms with Crippen molar-refractivity contribution in [2.24, 2.45) is 0 Å². The molecule has 88 valence electrons. The Labute approximate surface area is 95.4 Å². The third kappa shape index (κ3) is 3.12. The van der Waals surface area contributed by atoms with Gasteiger partial charge in [-0.25, -0.2) is 4.98 Å². The molecule has 0 bridgehead atoms. The quantitative estimate of drug-likeness (QED) is 0.707. The highest BCUT2D eigenvalue weighted by atomic mass is 16.2. The van der Waals surface area contributed by atoms with Gasteiger partial charge in [0.2, 0.25) is 5.91 Å². The lowest BCUT2D eigenvalue weighted by atomic mass is 10.2. The normalized spacial score (nSPS) is 11.9. The van der Waals surface area contributed by atoms with Crippen molar-refractivity contribution in [3.8, 4) is 0 Å². The van der Waals surface area contributed by atoms with E-state index < -0.39 is 0 Å². The van der Waals surface area contributed by atoms with E-state index in [-0.39, 0.29) is 11.9 Å². The van der Waals surface area contributed by atoms with Gasteiger partial charge in [0.1, 0.15) is 11.9 Å². The molecule has 1 rings (SSSR count). The molecule has 1 aromatic heterocycles. The topological polar surface area (TPSA) is 80.0 Å². The summed E-state index contributed by atoms with van der Waals surface area (Å²) in [4.78, 5) is 15.6. The zero-order chi connectivity index (χ0) is 12.1. The maximum absolute atomic E-state index is 11.5. The number of aromatic nitrogens is 1. The summed E-state index contributed by atoms with van der Waals surface area (Å²) < 4.78 is 0. The SMILES string of the molecule is CCNC(=O)C(C)Nc1cc(N)c(C)cn1. The number of amides is 1.